The second-order valence-corrected chi connectivity index (χ2v) is 3.45. The number of hydrogen-bond acceptors (Lipinski definition) is 2. The molecule has 0 saturated heterocycles. The summed E-state index contributed by atoms with van der Waals surface area (Å²) >= 11 is 5.59. The number of amides is 1. The van der Waals surface area contributed by atoms with Crippen molar-refractivity contribution in [2.75, 3.05) is 5.88 Å². The Hall–Kier alpha value is -0.960. The van der Waals surface area contributed by atoms with Crippen molar-refractivity contribution in [1.29, 1.82) is 0 Å². The average Bonchev–Trinajstić information content (AvgIpc) is 2.65. The van der Waals surface area contributed by atoms with E-state index in [-0.39, 0.29) is 11.9 Å². The standard InChI is InChI=1S/C10H14ClNO2/c1-3-9-8(4-5-14-9)10(13)12-7(2)6-11/h4-5,7H,3,6H2,1-2H3,(H,12,13). The quantitative estimate of drug-likeness (QED) is 0.783. The third-order valence-electron chi connectivity index (χ3n) is 1.92. The van der Waals surface area contributed by atoms with Gasteiger partial charge in [0, 0.05) is 18.3 Å². The number of carbonyl (C=O) groups is 1. The highest BCUT2D eigenvalue weighted by atomic mass is 35.5. The number of hydrogen-bond donors (Lipinski definition) is 1. The monoisotopic (exact) mass is 215 g/mol. The fourth-order valence-electron chi connectivity index (χ4n) is 1.16. The highest BCUT2D eigenvalue weighted by Gasteiger charge is 2.14. The van der Waals surface area contributed by atoms with E-state index < -0.39 is 0 Å². The van der Waals surface area contributed by atoms with Crippen molar-refractivity contribution >= 4 is 17.5 Å². The average molecular weight is 216 g/mol. The summed E-state index contributed by atoms with van der Waals surface area (Å²) in [5.41, 5.74) is 0.601. The second kappa shape index (κ2) is 5.05. The summed E-state index contributed by atoms with van der Waals surface area (Å²) in [4.78, 5) is 11.6. The summed E-state index contributed by atoms with van der Waals surface area (Å²) in [6, 6.07) is 1.65. The molecule has 0 spiro atoms. The van der Waals surface area contributed by atoms with Gasteiger partial charge in [0.15, 0.2) is 0 Å². The molecular weight excluding hydrogens is 202 g/mol. The molecule has 1 N–H and O–H groups in total. The molecule has 0 fully saturated rings. The Balaban J connectivity index is 2.69. The van der Waals surface area contributed by atoms with Crippen molar-refractivity contribution in [3.8, 4) is 0 Å². The number of alkyl halides is 1. The maximum absolute atomic E-state index is 11.6. The van der Waals surface area contributed by atoms with Gasteiger partial charge in [-0.05, 0) is 13.0 Å². The molecule has 1 heterocycles. The lowest BCUT2D eigenvalue weighted by atomic mass is 10.2. The number of halogens is 1. The van der Waals surface area contributed by atoms with Crippen LogP contribution in [0.15, 0.2) is 16.7 Å². The van der Waals surface area contributed by atoms with Crippen molar-refractivity contribution in [2.24, 2.45) is 0 Å². The Morgan fingerprint density at radius 1 is 1.71 bits per heavy atom. The van der Waals surface area contributed by atoms with Gasteiger partial charge < -0.3 is 9.73 Å². The smallest absolute Gasteiger partial charge is 0.255 e. The van der Waals surface area contributed by atoms with Gasteiger partial charge in [-0.15, -0.1) is 11.6 Å². The SMILES string of the molecule is CCc1occc1C(=O)NC(C)CCl. The highest BCUT2D eigenvalue weighted by molar-refractivity contribution is 6.18. The summed E-state index contributed by atoms with van der Waals surface area (Å²) in [6.07, 6.45) is 2.24. The van der Waals surface area contributed by atoms with Crippen LogP contribution < -0.4 is 5.32 Å². The Bertz CT molecular complexity index is 309. The highest BCUT2D eigenvalue weighted by Crippen LogP contribution is 2.11. The van der Waals surface area contributed by atoms with Gasteiger partial charge in [0.2, 0.25) is 0 Å². The van der Waals surface area contributed by atoms with Crippen LogP contribution in [0.4, 0.5) is 0 Å². The lowest BCUT2D eigenvalue weighted by Gasteiger charge is -2.09. The minimum absolute atomic E-state index is 0.0243. The Labute approximate surface area is 88.4 Å². The zero-order valence-corrected chi connectivity index (χ0v) is 9.10. The summed E-state index contributed by atoms with van der Waals surface area (Å²) in [5.74, 6) is 0.999. The van der Waals surface area contributed by atoms with Crippen LogP contribution in [0.3, 0.4) is 0 Å². The normalized spacial score (nSPS) is 12.5. The van der Waals surface area contributed by atoms with Crippen molar-refractivity contribution in [2.45, 2.75) is 26.3 Å². The Morgan fingerprint density at radius 2 is 2.43 bits per heavy atom. The first-order valence-electron chi connectivity index (χ1n) is 4.62. The Kier molecular flexibility index (Phi) is 4.01. The maximum Gasteiger partial charge on any atom is 0.255 e. The predicted molar refractivity (Wildman–Crippen MR) is 55.7 cm³/mol. The number of carbonyl (C=O) groups excluding carboxylic acids is 1. The summed E-state index contributed by atoms with van der Waals surface area (Å²) in [6.45, 7) is 3.80. The minimum Gasteiger partial charge on any atom is -0.469 e. The number of nitrogens with one attached hydrogen (secondary N) is 1. The maximum atomic E-state index is 11.6. The van der Waals surface area contributed by atoms with Gasteiger partial charge >= 0.3 is 0 Å². The van der Waals surface area contributed by atoms with E-state index >= 15 is 0 Å². The molecular formula is C10H14ClNO2. The lowest BCUT2D eigenvalue weighted by molar-refractivity contribution is 0.0941. The first kappa shape index (κ1) is 11.1. The van der Waals surface area contributed by atoms with E-state index in [1.54, 1.807) is 6.07 Å². The topological polar surface area (TPSA) is 42.2 Å². The molecule has 1 aromatic heterocycles. The fraction of sp³-hybridized carbons (Fsp3) is 0.500. The van der Waals surface area contributed by atoms with Crippen LogP contribution in [0.1, 0.15) is 30.0 Å². The molecule has 3 nitrogen and oxygen atoms in total. The van der Waals surface area contributed by atoms with Crippen molar-refractivity contribution in [3.63, 3.8) is 0 Å². The number of aryl methyl sites for hydroxylation is 1. The molecule has 1 amide bonds. The van der Waals surface area contributed by atoms with Gasteiger partial charge in [0.25, 0.3) is 5.91 Å². The minimum atomic E-state index is -0.122. The molecule has 0 aliphatic rings. The zero-order chi connectivity index (χ0) is 10.6. The van der Waals surface area contributed by atoms with Gasteiger partial charge in [-0.3, -0.25) is 4.79 Å². The predicted octanol–water partition coefficient (Wildman–Crippen LogP) is 2.20. The molecule has 0 saturated carbocycles. The molecule has 1 atom stereocenters. The molecule has 0 bridgehead atoms. The Morgan fingerprint density at radius 3 is 3.00 bits per heavy atom. The van der Waals surface area contributed by atoms with E-state index in [1.165, 1.54) is 6.26 Å². The van der Waals surface area contributed by atoms with Crippen LogP contribution in [0.5, 0.6) is 0 Å². The van der Waals surface area contributed by atoms with Gasteiger partial charge in [-0.2, -0.15) is 0 Å². The largest absolute Gasteiger partial charge is 0.469 e. The molecule has 1 aromatic rings. The number of furan rings is 1. The third kappa shape index (κ3) is 2.51. The van der Waals surface area contributed by atoms with E-state index in [0.29, 0.717) is 23.6 Å². The molecule has 1 unspecified atom stereocenters. The van der Waals surface area contributed by atoms with E-state index in [9.17, 15) is 4.79 Å². The molecule has 14 heavy (non-hydrogen) atoms. The molecule has 0 aliphatic carbocycles. The molecule has 0 aromatic carbocycles. The van der Waals surface area contributed by atoms with Crippen LogP contribution in [-0.2, 0) is 6.42 Å². The molecule has 78 valence electrons. The van der Waals surface area contributed by atoms with Crippen LogP contribution >= 0.6 is 11.6 Å². The van der Waals surface area contributed by atoms with Gasteiger partial charge in [-0.1, -0.05) is 6.92 Å². The van der Waals surface area contributed by atoms with E-state index in [0.717, 1.165) is 0 Å². The summed E-state index contributed by atoms with van der Waals surface area (Å²) in [5, 5.41) is 2.78. The van der Waals surface area contributed by atoms with Crippen molar-refractivity contribution < 1.29 is 9.21 Å². The van der Waals surface area contributed by atoms with E-state index in [1.807, 2.05) is 13.8 Å². The van der Waals surface area contributed by atoms with Crippen molar-refractivity contribution in [1.82, 2.24) is 5.32 Å². The first-order chi connectivity index (χ1) is 6.69. The fourth-order valence-corrected chi connectivity index (χ4v) is 1.23. The zero-order valence-electron chi connectivity index (χ0n) is 8.34. The van der Waals surface area contributed by atoms with E-state index in [4.69, 9.17) is 16.0 Å². The van der Waals surface area contributed by atoms with Gasteiger partial charge in [0.1, 0.15) is 5.76 Å². The molecule has 1 rings (SSSR count). The van der Waals surface area contributed by atoms with Gasteiger partial charge in [-0.25, -0.2) is 0 Å². The van der Waals surface area contributed by atoms with E-state index in [2.05, 4.69) is 5.32 Å². The van der Waals surface area contributed by atoms with Crippen LogP contribution in [-0.4, -0.2) is 17.8 Å². The van der Waals surface area contributed by atoms with Crippen LogP contribution in [0, 0.1) is 0 Å². The first-order valence-corrected chi connectivity index (χ1v) is 5.15. The molecule has 4 heteroatoms. The van der Waals surface area contributed by atoms with Crippen LogP contribution in [0.25, 0.3) is 0 Å². The summed E-state index contributed by atoms with van der Waals surface area (Å²) in [7, 11) is 0. The summed E-state index contributed by atoms with van der Waals surface area (Å²) < 4.78 is 5.16. The molecule has 0 aliphatic heterocycles. The van der Waals surface area contributed by atoms with Gasteiger partial charge in [0.05, 0.1) is 11.8 Å². The van der Waals surface area contributed by atoms with Crippen LogP contribution in [0.2, 0.25) is 0 Å². The molecule has 0 radical (unpaired) electrons. The second-order valence-electron chi connectivity index (χ2n) is 3.14. The number of rotatable bonds is 4. The lowest BCUT2D eigenvalue weighted by Crippen LogP contribution is -2.33. The van der Waals surface area contributed by atoms with Crippen molar-refractivity contribution in [3.05, 3.63) is 23.7 Å². The third-order valence-corrected chi connectivity index (χ3v) is 2.38.